The summed E-state index contributed by atoms with van der Waals surface area (Å²) in [7, 11) is 0. The summed E-state index contributed by atoms with van der Waals surface area (Å²) in [6.07, 6.45) is 0.804. The van der Waals surface area contributed by atoms with Gasteiger partial charge in [-0.1, -0.05) is 70.4 Å². The maximum atomic E-state index is 12.7. The molecule has 13 nitrogen and oxygen atoms in total. The molecule has 0 aromatic carbocycles. The van der Waals surface area contributed by atoms with Gasteiger partial charge >= 0.3 is 5.97 Å². The average molecular weight is 609 g/mol. The second-order valence-corrected chi connectivity index (χ2v) is 11.2. The van der Waals surface area contributed by atoms with Gasteiger partial charge in [-0.05, 0) is 32.1 Å². The first kappa shape index (κ1) is 37.0. The fourth-order valence-electron chi connectivity index (χ4n) is 5.05. The van der Waals surface area contributed by atoms with E-state index in [0.717, 1.165) is 38.5 Å². The molecule has 0 unspecified atom stereocenters. The molecule has 42 heavy (non-hydrogen) atoms. The number of carbonyl (C=O) groups is 1. The molecular formula is C29H52O13. The number of hydrogen-bond donors (Lipinski definition) is 8. The van der Waals surface area contributed by atoms with E-state index in [-0.39, 0.29) is 6.42 Å². The third-order valence-electron chi connectivity index (χ3n) is 7.68. The summed E-state index contributed by atoms with van der Waals surface area (Å²) in [4.78, 5) is 12.7. The average Bonchev–Trinajstić information content (AvgIpc) is 2.97. The third-order valence-corrected chi connectivity index (χ3v) is 7.68. The SMILES string of the molecule is CCCCCCCC/C=C\CCCCCCCC(=O)O[C@@]1(CO)O[C@@H](O)[C@H](O)[C@H](O)[C@@H]1O[C@@H]1O[C@H](O)[C@@H](O)[C@H](O)[C@H]1O. The van der Waals surface area contributed by atoms with Crippen molar-refractivity contribution in [3.8, 4) is 0 Å². The van der Waals surface area contributed by atoms with E-state index in [9.17, 15) is 45.6 Å². The van der Waals surface area contributed by atoms with Gasteiger partial charge in [-0.3, -0.25) is 4.79 Å². The molecule has 2 rings (SSSR count). The molecule has 0 radical (unpaired) electrons. The van der Waals surface area contributed by atoms with E-state index < -0.39 is 73.9 Å². The van der Waals surface area contributed by atoms with Crippen LogP contribution in [0.1, 0.15) is 96.8 Å². The Balaban J connectivity index is 1.78. The van der Waals surface area contributed by atoms with E-state index >= 15 is 0 Å². The van der Waals surface area contributed by atoms with E-state index in [1.165, 1.54) is 38.5 Å². The molecule has 13 heteroatoms. The maximum absolute atomic E-state index is 12.7. The lowest BCUT2D eigenvalue weighted by Gasteiger charge is -2.49. The zero-order chi connectivity index (χ0) is 31.1. The molecule has 2 aliphatic heterocycles. The van der Waals surface area contributed by atoms with Crippen molar-refractivity contribution in [2.75, 3.05) is 6.61 Å². The minimum Gasteiger partial charge on any atom is -0.427 e. The summed E-state index contributed by atoms with van der Waals surface area (Å²) in [6.45, 7) is 1.08. The van der Waals surface area contributed by atoms with E-state index in [4.69, 9.17) is 18.9 Å². The van der Waals surface area contributed by atoms with Crippen molar-refractivity contribution in [3.05, 3.63) is 12.2 Å². The second kappa shape index (κ2) is 19.2. The van der Waals surface area contributed by atoms with Gasteiger partial charge in [0.05, 0.1) is 0 Å². The predicted molar refractivity (Wildman–Crippen MR) is 148 cm³/mol. The summed E-state index contributed by atoms with van der Waals surface area (Å²) >= 11 is 0. The van der Waals surface area contributed by atoms with Crippen molar-refractivity contribution >= 4 is 5.97 Å². The van der Waals surface area contributed by atoms with Crippen molar-refractivity contribution in [2.24, 2.45) is 0 Å². The number of ether oxygens (including phenoxy) is 4. The third kappa shape index (κ3) is 11.0. The van der Waals surface area contributed by atoms with Crippen LogP contribution < -0.4 is 0 Å². The van der Waals surface area contributed by atoms with E-state index in [2.05, 4.69) is 19.1 Å². The van der Waals surface area contributed by atoms with Crippen LogP contribution in [0.25, 0.3) is 0 Å². The van der Waals surface area contributed by atoms with Gasteiger partial charge in [-0.15, -0.1) is 0 Å². The maximum Gasteiger partial charge on any atom is 0.308 e. The fourth-order valence-corrected chi connectivity index (χ4v) is 5.05. The molecule has 0 aromatic heterocycles. The topological polar surface area (TPSA) is 216 Å². The number of carbonyl (C=O) groups excluding carboxylic acids is 1. The number of hydrogen-bond acceptors (Lipinski definition) is 13. The smallest absolute Gasteiger partial charge is 0.308 e. The van der Waals surface area contributed by atoms with Gasteiger partial charge in [0.2, 0.25) is 0 Å². The molecule has 0 bridgehead atoms. The summed E-state index contributed by atoms with van der Waals surface area (Å²) < 4.78 is 20.8. The van der Waals surface area contributed by atoms with Crippen LogP contribution in [0.3, 0.4) is 0 Å². The summed E-state index contributed by atoms with van der Waals surface area (Å²) in [6, 6.07) is 0. The van der Waals surface area contributed by atoms with E-state index in [0.29, 0.717) is 6.42 Å². The minimum absolute atomic E-state index is 0.0725. The first-order chi connectivity index (χ1) is 20.1. The molecule has 0 spiro atoms. The van der Waals surface area contributed by atoms with Gasteiger partial charge in [0.25, 0.3) is 5.79 Å². The van der Waals surface area contributed by atoms with Crippen molar-refractivity contribution in [1.82, 2.24) is 0 Å². The van der Waals surface area contributed by atoms with Crippen LogP contribution in [0.5, 0.6) is 0 Å². The van der Waals surface area contributed by atoms with Crippen molar-refractivity contribution in [1.29, 1.82) is 0 Å². The van der Waals surface area contributed by atoms with Gasteiger partial charge in [0.1, 0.15) is 37.1 Å². The number of rotatable bonds is 19. The Kier molecular flexibility index (Phi) is 16.9. The molecular weight excluding hydrogens is 556 g/mol. The molecule has 0 aromatic rings. The number of esters is 1. The van der Waals surface area contributed by atoms with Gasteiger partial charge in [0.15, 0.2) is 25.0 Å². The molecule has 0 amide bonds. The highest BCUT2D eigenvalue weighted by atomic mass is 16.8. The van der Waals surface area contributed by atoms with Crippen LogP contribution in [0.15, 0.2) is 12.2 Å². The normalized spacial score (nSPS) is 35.5. The summed E-state index contributed by atoms with van der Waals surface area (Å²) in [5, 5.41) is 80.4. The Bertz CT molecular complexity index is 783. The van der Waals surface area contributed by atoms with Crippen LogP contribution in [-0.2, 0) is 23.7 Å². The number of aliphatic hydroxyl groups is 8. The highest BCUT2D eigenvalue weighted by molar-refractivity contribution is 5.69. The Labute approximate surface area is 247 Å². The molecule has 2 fully saturated rings. The van der Waals surface area contributed by atoms with Gasteiger partial charge < -0.3 is 59.8 Å². The molecule has 246 valence electrons. The summed E-state index contributed by atoms with van der Waals surface area (Å²) in [5.74, 6) is -3.36. The zero-order valence-corrected chi connectivity index (χ0v) is 24.6. The van der Waals surface area contributed by atoms with Crippen molar-refractivity contribution in [2.45, 2.75) is 158 Å². The molecule has 10 atom stereocenters. The second-order valence-electron chi connectivity index (χ2n) is 11.2. The molecule has 2 heterocycles. The van der Waals surface area contributed by atoms with Crippen LogP contribution in [0.2, 0.25) is 0 Å². The van der Waals surface area contributed by atoms with Crippen LogP contribution >= 0.6 is 0 Å². The molecule has 0 aliphatic carbocycles. The van der Waals surface area contributed by atoms with Gasteiger partial charge in [0, 0.05) is 6.42 Å². The molecule has 2 aliphatic rings. The monoisotopic (exact) mass is 608 g/mol. The van der Waals surface area contributed by atoms with Crippen molar-refractivity contribution in [3.63, 3.8) is 0 Å². The standard InChI is InChI=1S/C29H52O13/c1-2-3-4-5-6-7-8-9-10-11-12-13-14-15-16-17-19(31)41-29(18-30)25(21(33)23(35)27(38)42-29)39-28-24(36)20(32)22(34)26(37)40-28/h9-10,20-28,30,32-38H,2-8,11-18H2,1H3/b10-9-/t20-,21-,22-,23+,24+,25-,26-,27+,28+,29-/m0/s1. The van der Waals surface area contributed by atoms with Crippen molar-refractivity contribution < 1.29 is 64.6 Å². The van der Waals surface area contributed by atoms with Gasteiger partial charge in [-0.25, -0.2) is 0 Å². The largest absolute Gasteiger partial charge is 0.427 e. The lowest BCUT2D eigenvalue weighted by atomic mass is 9.95. The minimum atomic E-state index is -2.52. The molecule has 8 N–H and O–H groups in total. The Morgan fingerprint density at radius 2 is 1.26 bits per heavy atom. The molecule has 2 saturated heterocycles. The Morgan fingerprint density at radius 3 is 1.86 bits per heavy atom. The van der Waals surface area contributed by atoms with E-state index in [1.54, 1.807) is 0 Å². The lowest BCUT2D eigenvalue weighted by molar-refractivity contribution is -0.427. The Morgan fingerprint density at radius 1 is 0.714 bits per heavy atom. The zero-order valence-electron chi connectivity index (χ0n) is 24.6. The summed E-state index contributed by atoms with van der Waals surface area (Å²) in [5.41, 5.74) is 0. The predicted octanol–water partition coefficient (Wildman–Crippen LogP) is 0.469. The number of allylic oxidation sites excluding steroid dienone is 2. The molecule has 0 saturated carbocycles. The van der Waals surface area contributed by atoms with Crippen LogP contribution in [0.4, 0.5) is 0 Å². The first-order valence-corrected chi connectivity index (χ1v) is 15.3. The fraction of sp³-hybridized carbons (Fsp3) is 0.897. The quantitative estimate of drug-likeness (QED) is 0.0569. The van der Waals surface area contributed by atoms with E-state index in [1.807, 2.05) is 0 Å². The first-order valence-electron chi connectivity index (χ1n) is 15.3. The lowest BCUT2D eigenvalue weighted by Crippen LogP contribution is -2.70. The van der Waals surface area contributed by atoms with Crippen LogP contribution in [-0.4, -0.2) is 115 Å². The van der Waals surface area contributed by atoms with Crippen LogP contribution in [0, 0.1) is 0 Å². The highest BCUT2D eigenvalue weighted by Gasteiger charge is 2.59. The number of unbranched alkanes of at least 4 members (excludes halogenated alkanes) is 11. The van der Waals surface area contributed by atoms with Gasteiger partial charge in [-0.2, -0.15) is 0 Å². The highest BCUT2D eigenvalue weighted by Crippen LogP contribution is 2.35. The Hall–Kier alpha value is -1.23. The number of aliphatic hydroxyl groups excluding tert-OH is 8.